The summed E-state index contributed by atoms with van der Waals surface area (Å²) in [4.78, 5) is 13.5. The minimum atomic E-state index is 0.105. The largest absolute Gasteiger partial charge is 0.465 e. The van der Waals surface area contributed by atoms with Crippen molar-refractivity contribution in [2.75, 3.05) is 13.6 Å². The van der Waals surface area contributed by atoms with Gasteiger partial charge < -0.3 is 9.73 Å². The van der Waals surface area contributed by atoms with Crippen molar-refractivity contribution in [2.45, 2.75) is 32.4 Å². The number of furan rings is 1. The number of likely N-dealkylation sites (N-methyl/N-ethyl adjacent to an activating group) is 1. The number of rotatable bonds is 5. The van der Waals surface area contributed by atoms with Crippen molar-refractivity contribution in [3.05, 3.63) is 23.7 Å². The summed E-state index contributed by atoms with van der Waals surface area (Å²) in [5.41, 5.74) is 0. The third kappa shape index (κ3) is 3.38. The highest BCUT2D eigenvalue weighted by Crippen LogP contribution is 2.18. The smallest absolute Gasteiger partial charge is 0.234 e. The normalized spacial score (nSPS) is 15.4. The molecule has 0 radical (unpaired) electrons. The maximum Gasteiger partial charge on any atom is 0.234 e. The number of hydrogen-bond donors (Lipinski definition) is 1. The second-order valence-corrected chi connectivity index (χ2v) is 4.53. The molecule has 1 aromatic rings. The van der Waals surface area contributed by atoms with E-state index in [1.165, 1.54) is 0 Å². The van der Waals surface area contributed by atoms with Crippen molar-refractivity contribution in [1.82, 2.24) is 10.2 Å². The number of nitrogens with one attached hydrogen (secondary N) is 1. The molecule has 1 heterocycles. The lowest BCUT2D eigenvalue weighted by molar-refractivity contribution is -0.122. The highest BCUT2D eigenvalue weighted by atomic mass is 16.3. The second kappa shape index (κ2) is 4.70. The Labute approximate surface area is 95.6 Å². The molecule has 0 atom stereocenters. The van der Waals surface area contributed by atoms with Crippen molar-refractivity contribution >= 4 is 5.91 Å². The number of nitrogens with zero attached hydrogens (tertiary/aromatic N) is 1. The predicted molar refractivity (Wildman–Crippen MR) is 60.9 cm³/mol. The van der Waals surface area contributed by atoms with Gasteiger partial charge in [-0.15, -0.1) is 0 Å². The van der Waals surface area contributed by atoms with Crippen molar-refractivity contribution < 1.29 is 9.21 Å². The Morgan fingerprint density at radius 1 is 1.56 bits per heavy atom. The number of aryl methyl sites for hydroxylation is 1. The summed E-state index contributed by atoms with van der Waals surface area (Å²) in [6, 6.07) is 4.32. The van der Waals surface area contributed by atoms with Gasteiger partial charge in [-0.25, -0.2) is 0 Å². The Hall–Kier alpha value is -1.29. The van der Waals surface area contributed by atoms with Crippen LogP contribution in [0.4, 0.5) is 0 Å². The van der Waals surface area contributed by atoms with E-state index in [4.69, 9.17) is 4.42 Å². The SMILES string of the molecule is Cc1ccc(CN(C)CC(=O)NC2CC2)o1. The number of carbonyl (C=O) groups is 1. The van der Waals surface area contributed by atoms with Crippen molar-refractivity contribution in [2.24, 2.45) is 0 Å². The van der Waals surface area contributed by atoms with Gasteiger partial charge in [0.15, 0.2) is 0 Å². The first-order valence-electron chi connectivity index (χ1n) is 5.67. The minimum Gasteiger partial charge on any atom is -0.465 e. The maximum atomic E-state index is 11.5. The van der Waals surface area contributed by atoms with Gasteiger partial charge in [0, 0.05) is 6.04 Å². The van der Waals surface area contributed by atoms with Gasteiger partial charge in [-0.3, -0.25) is 9.69 Å². The Morgan fingerprint density at radius 2 is 2.31 bits per heavy atom. The number of hydrogen-bond acceptors (Lipinski definition) is 3. The fourth-order valence-electron chi connectivity index (χ4n) is 1.64. The van der Waals surface area contributed by atoms with E-state index < -0.39 is 0 Å². The van der Waals surface area contributed by atoms with Gasteiger partial charge in [0.1, 0.15) is 11.5 Å². The summed E-state index contributed by atoms with van der Waals surface area (Å²) in [5, 5.41) is 2.96. The van der Waals surface area contributed by atoms with Crippen molar-refractivity contribution in [3.8, 4) is 0 Å². The molecule has 1 N–H and O–H groups in total. The Morgan fingerprint density at radius 3 is 2.88 bits per heavy atom. The standard InChI is InChI=1S/C12H18N2O2/c1-9-3-6-11(16-9)7-14(2)8-12(15)13-10-4-5-10/h3,6,10H,4-5,7-8H2,1-2H3,(H,13,15). The maximum absolute atomic E-state index is 11.5. The molecule has 0 bridgehead atoms. The first kappa shape index (κ1) is 11.2. The topological polar surface area (TPSA) is 45.5 Å². The minimum absolute atomic E-state index is 0.105. The summed E-state index contributed by atoms with van der Waals surface area (Å²) in [6.45, 7) is 3.02. The molecule has 88 valence electrons. The summed E-state index contributed by atoms with van der Waals surface area (Å²) in [5.74, 6) is 1.92. The molecule has 1 aromatic heterocycles. The van der Waals surface area contributed by atoms with Crippen molar-refractivity contribution in [3.63, 3.8) is 0 Å². The van der Waals surface area contributed by atoms with Gasteiger partial charge in [0.05, 0.1) is 13.1 Å². The van der Waals surface area contributed by atoms with Gasteiger partial charge in [-0.05, 0) is 38.9 Å². The van der Waals surface area contributed by atoms with Gasteiger partial charge in [-0.2, -0.15) is 0 Å². The zero-order chi connectivity index (χ0) is 11.5. The summed E-state index contributed by atoms with van der Waals surface area (Å²) < 4.78 is 5.46. The molecule has 1 amide bonds. The molecule has 0 spiro atoms. The molecule has 1 aliphatic carbocycles. The fraction of sp³-hybridized carbons (Fsp3) is 0.583. The molecule has 1 saturated carbocycles. The van der Waals surface area contributed by atoms with Crippen LogP contribution in [0.3, 0.4) is 0 Å². The molecule has 1 fully saturated rings. The highest BCUT2D eigenvalue weighted by molar-refractivity contribution is 5.78. The molecule has 0 aromatic carbocycles. The van der Waals surface area contributed by atoms with Crippen LogP contribution in [-0.4, -0.2) is 30.4 Å². The highest BCUT2D eigenvalue weighted by Gasteiger charge is 2.23. The molecule has 0 aliphatic heterocycles. The molecule has 1 aliphatic rings. The van der Waals surface area contributed by atoms with E-state index in [0.29, 0.717) is 19.1 Å². The lowest BCUT2D eigenvalue weighted by Gasteiger charge is -2.14. The molecular weight excluding hydrogens is 204 g/mol. The van der Waals surface area contributed by atoms with E-state index in [9.17, 15) is 4.79 Å². The monoisotopic (exact) mass is 222 g/mol. The number of amides is 1. The zero-order valence-corrected chi connectivity index (χ0v) is 9.82. The summed E-state index contributed by atoms with van der Waals surface area (Å²) >= 11 is 0. The quantitative estimate of drug-likeness (QED) is 0.816. The molecule has 0 unspecified atom stereocenters. The lowest BCUT2D eigenvalue weighted by atomic mass is 10.4. The third-order valence-electron chi connectivity index (χ3n) is 2.58. The van der Waals surface area contributed by atoms with E-state index in [-0.39, 0.29) is 5.91 Å². The zero-order valence-electron chi connectivity index (χ0n) is 9.82. The average Bonchev–Trinajstić information content (AvgIpc) is 2.89. The van der Waals surface area contributed by atoms with Gasteiger partial charge in [0.25, 0.3) is 0 Å². The van der Waals surface area contributed by atoms with Crippen LogP contribution in [0.5, 0.6) is 0 Å². The number of carbonyl (C=O) groups excluding carboxylic acids is 1. The van der Waals surface area contributed by atoms with Crippen LogP contribution < -0.4 is 5.32 Å². The molecule has 2 rings (SSSR count). The summed E-state index contributed by atoms with van der Waals surface area (Å²) in [7, 11) is 1.92. The molecule has 4 heteroatoms. The Kier molecular flexibility index (Phi) is 3.29. The van der Waals surface area contributed by atoms with Gasteiger partial charge in [0.2, 0.25) is 5.91 Å². The second-order valence-electron chi connectivity index (χ2n) is 4.53. The molecule has 0 saturated heterocycles. The van der Waals surface area contributed by atoms with Crippen LogP contribution >= 0.6 is 0 Å². The van der Waals surface area contributed by atoms with Gasteiger partial charge in [-0.1, -0.05) is 0 Å². The first-order valence-corrected chi connectivity index (χ1v) is 5.67. The van der Waals surface area contributed by atoms with Crippen LogP contribution in [0.1, 0.15) is 24.4 Å². The van der Waals surface area contributed by atoms with E-state index in [2.05, 4.69) is 5.32 Å². The van der Waals surface area contributed by atoms with Crippen LogP contribution in [0.25, 0.3) is 0 Å². The Balaban J connectivity index is 1.74. The van der Waals surface area contributed by atoms with E-state index >= 15 is 0 Å². The summed E-state index contributed by atoms with van der Waals surface area (Å²) in [6.07, 6.45) is 2.26. The van der Waals surface area contributed by atoms with E-state index in [1.807, 2.05) is 31.0 Å². The average molecular weight is 222 g/mol. The van der Waals surface area contributed by atoms with E-state index in [0.717, 1.165) is 24.4 Å². The third-order valence-corrected chi connectivity index (χ3v) is 2.58. The van der Waals surface area contributed by atoms with Crippen LogP contribution in [0, 0.1) is 6.92 Å². The fourth-order valence-corrected chi connectivity index (χ4v) is 1.64. The van der Waals surface area contributed by atoms with Crippen molar-refractivity contribution in [1.29, 1.82) is 0 Å². The van der Waals surface area contributed by atoms with Gasteiger partial charge >= 0.3 is 0 Å². The molecule has 4 nitrogen and oxygen atoms in total. The molecular formula is C12H18N2O2. The van der Waals surface area contributed by atoms with E-state index in [1.54, 1.807) is 0 Å². The van der Waals surface area contributed by atoms with Crippen LogP contribution in [0.2, 0.25) is 0 Å². The first-order chi connectivity index (χ1) is 7.63. The lowest BCUT2D eigenvalue weighted by Crippen LogP contribution is -2.35. The van der Waals surface area contributed by atoms with Crippen LogP contribution in [0.15, 0.2) is 16.5 Å². The molecule has 16 heavy (non-hydrogen) atoms. The predicted octanol–water partition coefficient (Wildman–Crippen LogP) is 1.30. The Bertz CT molecular complexity index is 369. The van der Waals surface area contributed by atoms with Crippen LogP contribution in [-0.2, 0) is 11.3 Å².